The smallest absolute Gasteiger partial charge is 0.253 e. The van der Waals surface area contributed by atoms with E-state index in [1.165, 1.54) is 5.56 Å². The van der Waals surface area contributed by atoms with Crippen LogP contribution >= 0.6 is 0 Å². The predicted molar refractivity (Wildman–Crippen MR) is 113 cm³/mol. The monoisotopic (exact) mass is 406 g/mol. The van der Waals surface area contributed by atoms with E-state index in [0.29, 0.717) is 31.8 Å². The number of piperazine rings is 1. The number of carbonyl (C=O) groups is 1. The molecule has 4 rings (SSSR count). The van der Waals surface area contributed by atoms with Crippen molar-refractivity contribution in [2.75, 3.05) is 32.8 Å². The fourth-order valence-electron chi connectivity index (χ4n) is 3.54. The molecule has 1 fully saturated rings. The minimum Gasteiger partial charge on any atom is -0.494 e. The second kappa shape index (κ2) is 9.04. The van der Waals surface area contributed by atoms with Crippen molar-refractivity contribution in [3.8, 4) is 11.4 Å². The van der Waals surface area contributed by atoms with Gasteiger partial charge in [0.25, 0.3) is 5.91 Å². The SMILES string of the molecule is CCOc1ccc(C(=O)N2CCN(Cc3nnnn3-c3ccc(C)cc3)CC2)cc1. The Bertz CT molecular complexity index is 976. The van der Waals surface area contributed by atoms with Gasteiger partial charge in [-0.3, -0.25) is 9.69 Å². The van der Waals surface area contributed by atoms with Gasteiger partial charge in [-0.15, -0.1) is 5.10 Å². The lowest BCUT2D eigenvalue weighted by atomic mass is 10.1. The summed E-state index contributed by atoms with van der Waals surface area (Å²) < 4.78 is 7.22. The molecule has 3 aromatic rings. The van der Waals surface area contributed by atoms with Gasteiger partial charge in [-0.05, 0) is 60.7 Å². The summed E-state index contributed by atoms with van der Waals surface area (Å²) in [4.78, 5) is 17.0. The highest BCUT2D eigenvalue weighted by Gasteiger charge is 2.23. The van der Waals surface area contributed by atoms with E-state index >= 15 is 0 Å². The number of aromatic nitrogens is 4. The van der Waals surface area contributed by atoms with Gasteiger partial charge in [0.1, 0.15) is 5.75 Å². The molecular formula is C22H26N6O2. The molecule has 0 radical (unpaired) electrons. The quantitative estimate of drug-likeness (QED) is 0.625. The molecular weight excluding hydrogens is 380 g/mol. The maximum absolute atomic E-state index is 12.8. The van der Waals surface area contributed by atoms with Crippen LogP contribution in [0.4, 0.5) is 0 Å². The Hall–Kier alpha value is -3.26. The minimum absolute atomic E-state index is 0.0576. The molecule has 0 unspecified atom stereocenters. The summed E-state index contributed by atoms with van der Waals surface area (Å²) in [5.41, 5.74) is 2.84. The number of hydrogen-bond acceptors (Lipinski definition) is 6. The number of nitrogens with zero attached hydrogens (tertiary/aromatic N) is 6. The zero-order valence-corrected chi connectivity index (χ0v) is 17.4. The van der Waals surface area contributed by atoms with Crippen LogP contribution in [0.1, 0.15) is 28.7 Å². The van der Waals surface area contributed by atoms with Gasteiger partial charge in [0.2, 0.25) is 0 Å². The van der Waals surface area contributed by atoms with Gasteiger partial charge in [-0.25, -0.2) is 0 Å². The molecule has 2 heterocycles. The van der Waals surface area contributed by atoms with Crippen LogP contribution in [-0.2, 0) is 6.54 Å². The number of carbonyl (C=O) groups excluding carboxylic acids is 1. The number of hydrogen-bond donors (Lipinski definition) is 0. The van der Waals surface area contributed by atoms with E-state index in [0.717, 1.165) is 30.4 Å². The zero-order chi connectivity index (χ0) is 20.9. The Balaban J connectivity index is 1.35. The van der Waals surface area contributed by atoms with Crippen LogP contribution in [0.5, 0.6) is 5.75 Å². The van der Waals surface area contributed by atoms with Crippen LogP contribution in [-0.4, -0.2) is 68.7 Å². The van der Waals surface area contributed by atoms with Gasteiger partial charge in [0.15, 0.2) is 5.82 Å². The fourth-order valence-corrected chi connectivity index (χ4v) is 3.54. The molecule has 0 N–H and O–H groups in total. The summed E-state index contributed by atoms with van der Waals surface area (Å²) in [6.45, 7) is 8.17. The van der Waals surface area contributed by atoms with Gasteiger partial charge in [0.05, 0.1) is 18.8 Å². The zero-order valence-electron chi connectivity index (χ0n) is 17.4. The Morgan fingerprint density at radius 3 is 2.37 bits per heavy atom. The molecule has 156 valence electrons. The number of amides is 1. The molecule has 8 heteroatoms. The molecule has 8 nitrogen and oxygen atoms in total. The van der Waals surface area contributed by atoms with E-state index < -0.39 is 0 Å². The highest BCUT2D eigenvalue weighted by Crippen LogP contribution is 2.16. The summed E-state index contributed by atoms with van der Waals surface area (Å²) in [7, 11) is 0. The molecule has 0 bridgehead atoms. The molecule has 30 heavy (non-hydrogen) atoms. The molecule has 1 aromatic heterocycles. The van der Waals surface area contributed by atoms with Gasteiger partial charge >= 0.3 is 0 Å². The van der Waals surface area contributed by atoms with Crippen molar-refractivity contribution in [1.29, 1.82) is 0 Å². The highest BCUT2D eigenvalue weighted by molar-refractivity contribution is 5.94. The first kappa shape index (κ1) is 20.0. The number of tetrazole rings is 1. The lowest BCUT2D eigenvalue weighted by Crippen LogP contribution is -2.48. The maximum atomic E-state index is 12.8. The first-order valence-electron chi connectivity index (χ1n) is 10.2. The summed E-state index contributed by atoms with van der Waals surface area (Å²) >= 11 is 0. The summed E-state index contributed by atoms with van der Waals surface area (Å²) in [5, 5.41) is 12.2. The van der Waals surface area contributed by atoms with E-state index in [4.69, 9.17) is 4.74 Å². The molecule has 2 aromatic carbocycles. The molecule has 1 aliphatic heterocycles. The van der Waals surface area contributed by atoms with Crippen molar-refractivity contribution < 1.29 is 9.53 Å². The Morgan fingerprint density at radius 2 is 1.70 bits per heavy atom. The fraction of sp³-hybridized carbons (Fsp3) is 0.364. The van der Waals surface area contributed by atoms with Crippen molar-refractivity contribution in [2.24, 2.45) is 0 Å². The van der Waals surface area contributed by atoms with E-state index in [9.17, 15) is 4.79 Å². The van der Waals surface area contributed by atoms with E-state index in [1.807, 2.05) is 60.4 Å². The average Bonchev–Trinajstić information content (AvgIpc) is 3.23. The number of rotatable bonds is 6. The molecule has 0 aliphatic carbocycles. The summed E-state index contributed by atoms with van der Waals surface area (Å²) in [6.07, 6.45) is 0. The van der Waals surface area contributed by atoms with Crippen LogP contribution in [0, 0.1) is 6.92 Å². The Labute approximate surface area is 176 Å². The third-order valence-electron chi connectivity index (χ3n) is 5.25. The lowest BCUT2D eigenvalue weighted by Gasteiger charge is -2.34. The van der Waals surface area contributed by atoms with Gasteiger partial charge < -0.3 is 9.64 Å². The molecule has 1 aliphatic rings. The molecule has 0 spiro atoms. The molecule has 0 saturated carbocycles. The van der Waals surface area contributed by atoms with E-state index in [-0.39, 0.29) is 5.91 Å². The summed E-state index contributed by atoms with van der Waals surface area (Å²) in [5.74, 6) is 1.64. The van der Waals surface area contributed by atoms with Crippen molar-refractivity contribution in [3.05, 3.63) is 65.5 Å². The second-order valence-corrected chi connectivity index (χ2v) is 7.37. The van der Waals surface area contributed by atoms with Crippen LogP contribution < -0.4 is 4.74 Å². The van der Waals surface area contributed by atoms with E-state index in [1.54, 1.807) is 4.68 Å². The molecule has 1 amide bonds. The van der Waals surface area contributed by atoms with Crippen LogP contribution in [0.15, 0.2) is 48.5 Å². The van der Waals surface area contributed by atoms with Gasteiger partial charge in [-0.1, -0.05) is 17.7 Å². The van der Waals surface area contributed by atoms with Gasteiger partial charge in [-0.2, -0.15) is 4.68 Å². The van der Waals surface area contributed by atoms with Crippen LogP contribution in [0.3, 0.4) is 0 Å². The largest absolute Gasteiger partial charge is 0.494 e. The molecule has 1 saturated heterocycles. The third-order valence-corrected chi connectivity index (χ3v) is 5.25. The Morgan fingerprint density at radius 1 is 1.00 bits per heavy atom. The number of aryl methyl sites for hydroxylation is 1. The third kappa shape index (κ3) is 4.49. The van der Waals surface area contributed by atoms with Gasteiger partial charge in [0, 0.05) is 31.7 Å². The first-order chi connectivity index (χ1) is 14.6. The molecule has 0 atom stereocenters. The highest BCUT2D eigenvalue weighted by atomic mass is 16.5. The Kier molecular flexibility index (Phi) is 6.04. The summed E-state index contributed by atoms with van der Waals surface area (Å²) in [6, 6.07) is 15.5. The van der Waals surface area contributed by atoms with Crippen molar-refractivity contribution >= 4 is 5.91 Å². The predicted octanol–water partition coefficient (Wildman–Crippen LogP) is 2.33. The number of benzene rings is 2. The van der Waals surface area contributed by atoms with Crippen LogP contribution in [0.25, 0.3) is 5.69 Å². The number of ether oxygens (including phenoxy) is 1. The lowest BCUT2D eigenvalue weighted by molar-refractivity contribution is 0.0624. The van der Waals surface area contributed by atoms with Crippen LogP contribution in [0.2, 0.25) is 0 Å². The first-order valence-corrected chi connectivity index (χ1v) is 10.2. The average molecular weight is 406 g/mol. The van der Waals surface area contributed by atoms with E-state index in [2.05, 4.69) is 27.3 Å². The minimum atomic E-state index is 0.0576. The standard InChI is InChI=1S/C22H26N6O2/c1-3-30-20-10-6-18(7-11-20)22(29)27-14-12-26(13-15-27)16-21-23-24-25-28(21)19-8-4-17(2)5-9-19/h4-11H,3,12-16H2,1-2H3. The normalized spacial score (nSPS) is 14.7. The second-order valence-electron chi connectivity index (χ2n) is 7.37. The van der Waals surface area contributed by atoms with Crippen molar-refractivity contribution in [2.45, 2.75) is 20.4 Å². The van der Waals surface area contributed by atoms with Crippen molar-refractivity contribution in [3.63, 3.8) is 0 Å². The maximum Gasteiger partial charge on any atom is 0.253 e. The van der Waals surface area contributed by atoms with Crippen molar-refractivity contribution in [1.82, 2.24) is 30.0 Å². The topological polar surface area (TPSA) is 76.4 Å².